The molecule has 146 valence electrons. The van der Waals surface area contributed by atoms with Gasteiger partial charge in [0.15, 0.2) is 0 Å². The predicted octanol–water partition coefficient (Wildman–Crippen LogP) is 4.79. The van der Waals surface area contributed by atoms with E-state index in [2.05, 4.69) is 10.3 Å². The number of fused-ring (bicyclic) bond motifs is 1. The topological polar surface area (TPSA) is 64.0 Å². The number of aromatic nitrogens is 2. The second kappa shape index (κ2) is 8.23. The summed E-state index contributed by atoms with van der Waals surface area (Å²) in [5.41, 5.74) is 4.32. The number of aryl methyl sites for hydroxylation is 1. The second-order valence-corrected chi connectivity index (χ2v) is 8.41. The SMILES string of the molecule is CSc1cccc(NC(=O)Cn2cnc3c(-c4ccc(C)cc4)csc3c2=O)c1. The molecule has 1 N–H and O–H groups in total. The van der Waals surface area contributed by atoms with Crippen molar-refractivity contribution in [3.8, 4) is 11.1 Å². The molecule has 0 bridgehead atoms. The normalized spacial score (nSPS) is 11.0. The zero-order valence-corrected chi connectivity index (χ0v) is 17.6. The van der Waals surface area contributed by atoms with Crippen molar-refractivity contribution in [3.63, 3.8) is 0 Å². The monoisotopic (exact) mass is 421 g/mol. The molecule has 0 aliphatic heterocycles. The largest absolute Gasteiger partial charge is 0.324 e. The van der Waals surface area contributed by atoms with Gasteiger partial charge in [0, 0.05) is 21.5 Å². The van der Waals surface area contributed by atoms with Crippen molar-refractivity contribution in [2.45, 2.75) is 18.4 Å². The Morgan fingerprint density at radius 1 is 1.21 bits per heavy atom. The Labute approximate surface area is 176 Å². The zero-order chi connectivity index (χ0) is 20.4. The Balaban J connectivity index is 1.58. The lowest BCUT2D eigenvalue weighted by atomic mass is 10.1. The number of nitrogens with zero attached hydrogens (tertiary/aromatic N) is 2. The van der Waals surface area contributed by atoms with E-state index in [9.17, 15) is 9.59 Å². The molecule has 0 saturated carbocycles. The average Bonchev–Trinajstić information content (AvgIpc) is 3.15. The van der Waals surface area contributed by atoms with Crippen LogP contribution in [0.1, 0.15) is 5.56 Å². The summed E-state index contributed by atoms with van der Waals surface area (Å²) in [6.07, 6.45) is 3.43. The number of benzene rings is 2. The maximum atomic E-state index is 12.9. The summed E-state index contributed by atoms with van der Waals surface area (Å²) in [6, 6.07) is 15.7. The molecule has 0 spiro atoms. The highest BCUT2D eigenvalue weighted by Gasteiger charge is 2.14. The van der Waals surface area contributed by atoms with Crippen LogP contribution < -0.4 is 10.9 Å². The Morgan fingerprint density at radius 2 is 2.00 bits per heavy atom. The van der Waals surface area contributed by atoms with Gasteiger partial charge >= 0.3 is 0 Å². The minimum absolute atomic E-state index is 0.0803. The highest BCUT2D eigenvalue weighted by Crippen LogP contribution is 2.30. The van der Waals surface area contributed by atoms with E-state index in [-0.39, 0.29) is 18.0 Å². The summed E-state index contributed by atoms with van der Waals surface area (Å²) in [6.45, 7) is 1.96. The number of carbonyl (C=O) groups excluding carboxylic acids is 1. The third kappa shape index (κ3) is 4.11. The van der Waals surface area contributed by atoms with Gasteiger partial charge in [0.2, 0.25) is 5.91 Å². The first-order chi connectivity index (χ1) is 14.0. The lowest BCUT2D eigenvalue weighted by Gasteiger charge is -2.08. The molecule has 1 amide bonds. The average molecular weight is 422 g/mol. The lowest BCUT2D eigenvalue weighted by molar-refractivity contribution is -0.116. The fourth-order valence-electron chi connectivity index (χ4n) is 3.05. The van der Waals surface area contributed by atoms with Gasteiger partial charge in [0.25, 0.3) is 5.56 Å². The zero-order valence-electron chi connectivity index (χ0n) is 16.0. The van der Waals surface area contributed by atoms with Gasteiger partial charge in [0.1, 0.15) is 11.2 Å². The van der Waals surface area contributed by atoms with E-state index in [1.54, 1.807) is 11.8 Å². The number of thiophene rings is 1. The van der Waals surface area contributed by atoms with Crippen LogP contribution >= 0.6 is 23.1 Å². The van der Waals surface area contributed by atoms with E-state index in [0.717, 1.165) is 16.0 Å². The first-order valence-electron chi connectivity index (χ1n) is 9.03. The number of carbonyl (C=O) groups is 1. The summed E-state index contributed by atoms with van der Waals surface area (Å²) < 4.78 is 1.91. The summed E-state index contributed by atoms with van der Waals surface area (Å²) in [4.78, 5) is 30.8. The van der Waals surface area contributed by atoms with Crippen molar-refractivity contribution in [1.29, 1.82) is 0 Å². The van der Waals surface area contributed by atoms with Gasteiger partial charge in [-0.25, -0.2) is 4.98 Å². The number of anilines is 1. The molecule has 2 aromatic carbocycles. The molecule has 2 heterocycles. The molecule has 29 heavy (non-hydrogen) atoms. The van der Waals surface area contributed by atoms with E-state index in [1.165, 1.54) is 27.8 Å². The van der Waals surface area contributed by atoms with Crippen LogP contribution in [-0.4, -0.2) is 21.7 Å². The van der Waals surface area contributed by atoms with Gasteiger partial charge in [-0.15, -0.1) is 23.1 Å². The Kier molecular flexibility index (Phi) is 5.51. The van der Waals surface area contributed by atoms with Gasteiger partial charge < -0.3 is 5.32 Å². The number of rotatable bonds is 5. The number of amides is 1. The summed E-state index contributed by atoms with van der Waals surface area (Å²) >= 11 is 2.96. The number of hydrogen-bond acceptors (Lipinski definition) is 5. The van der Waals surface area contributed by atoms with Gasteiger partial charge in [0.05, 0.1) is 11.8 Å². The van der Waals surface area contributed by atoms with E-state index in [1.807, 2.05) is 67.1 Å². The highest BCUT2D eigenvalue weighted by molar-refractivity contribution is 7.98. The third-order valence-corrected chi connectivity index (χ3v) is 6.26. The standard InChI is InChI=1S/C22H19N3O2S2/c1-14-6-8-15(9-7-14)18-12-29-21-20(18)23-13-25(22(21)27)11-19(26)24-16-4-3-5-17(10-16)28-2/h3-10,12-13H,11H2,1-2H3,(H,24,26). The number of thioether (sulfide) groups is 1. The fraction of sp³-hybridized carbons (Fsp3) is 0.136. The molecular weight excluding hydrogens is 402 g/mol. The number of nitrogens with one attached hydrogen (secondary N) is 1. The summed E-state index contributed by atoms with van der Waals surface area (Å²) in [5, 5.41) is 4.79. The highest BCUT2D eigenvalue weighted by atomic mass is 32.2. The van der Waals surface area contributed by atoms with E-state index >= 15 is 0 Å². The smallest absolute Gasteiger partial charge is 0.271 e. The molecule has 0 saturated heterocycles. The summed E-state index contributed by atoms with van der Waals surface area (Å²) in [5.74, 6) is -0.262. The van der Waals surface area contributed by atoms with Crippen LogP contribution in [0.2, 0.25) is 0 Å². The van der Waals surface area contributed by atoms with E-state index in [4.69, 9.17) is 0 Å². The number of hydrogen-bond donors (Lipinski definition) is 1. The van der Waals surface area contributed by atoms with Crippen molar-refractivity contribution < 1.29 is 4.79 Å². The van der Waals surface area contributed by atoms with Crippen LogP contribution in [-0.2, 0) is 11.3 Å². The van der Waals surface area contributed by atoms with Crippen LogP contribution in [0.4, 0.5) is 5.69 Å². The van der Waals surface area contributed by atoms with Gasteiger partial charge in [-0.3, -0.25) is 14.2 Å². The van der Waals surface area contributed by atoms with Crippen LogP contribution in [0, 0.1) is 6.92 Å². The molecule has 0 atom stereocenters. The minimum Gasteiger partial charge on any atom is -0.324 e. The van der Waals surface area contributed by atoms with Crippen molar-refractivity contribution in [3.05, 3.63) is 76.2 Å². The first-order valence-corrected chi connectivity index (χ1v) is 11.1. The molecule has 0 radical (unpaired) electrons. The van der Waals surface area contributed by atoms with Crippen molar-refractivity contribution in [2.75, 3.05) is 11.6 Å². The van der Waals surface area contributed by atoms with Gasteiger partial charge in [-0.2, -0.15) is 0 Å². The maximum Gasteiger partial charge on any atom is 0.271 e. The first kappa shape index (κ1) is 19.4. The molecule has 2 aromatic heterocycles. The van der Waals surface area contributed by atoms with Crippen molar-refractivity contribution >= 4 is 44.9 Å². The molecule has 0 unspecified atom stereocenters. The fourth-order valence-corrected chi connectivity index (χ4v) is 4.48. The molecule has 0 fully saturated rings. The molecule has 5 nitrogen and oxygen atoms in total. The molecule has 0 aliphatic rings. The van der Waals surface area contributed by atoms with Gasteiger partial charge in [-0.05, 0) is 36.9 Å². The van der Waals surface area contributed by atoms with Crippen LogP contribution in [0.3, 0.4) is 0 Å². The summed E-state index contributed by atoms with van der Waals surface area (Å²) in [7, 11) is 0. The Hall–Kier alpha value is -2.90. The van der Waals surface area contributed by atoms with Gasteiger partial charge in [-0.1, -0.05) is 35.9 Å². The maximum absolute atomic E-state index is 12.9. The quantitative estimate of drug-likeness (QED) is 0.471. The molecule has 7 heteroatoms. The molecular formula is C22H19N3O2S2. The van der Waals surface area contributed by atoms with Crippen molar-refractivity contribution in [2.24, 2.45) is 0 Å². The predicted molar refractivity (Wildman–Crippen MR) is 121 cm³/mol. The second-order valence-electron chi connectivity index (χ2n) is 6.65. The third-order valence-electron chi connectivity index (χ3n) is 4.58. The van der Waals surface area contributed by atoms with Crippen molar-refractivity contribution in [1.82, 2.24) is 9.55 Å². The minimum atomic E-state index is -0.262. The van der Waals surface area contributed by atoms with Crippen LogP contribution in [0.5, 0.6) is 0 Å². The van der Waals surface area contributed by atoms with E-state index in [0.29, 0.717) is 15.9 Å². The van der Waals surface area contributed by atoms with Crippen LogP contribution in [0.25, 0.3) is 21.3 Å². The Morgan fingerprint density at radius 3 is 2.76 bits per heavy atom. The molecule has 4 aromatic rings. The Bertz CT molecular complexity index is 1240. The molecule has 4 rings (SSSR count). The lowest BCUT2D eigenvalue weighted by Crippen LogP contribution is -2.27. The van der Waals surface area contributed by atoms with Crippen LogP contribution in [0.15, 0.2) is 69.9 Å². The molecule has 0 aliphatic carbocycles. The van der Waals surface area contributed by atoms with E-state index < -0.39 is 0 Å².